The van der Waals surface area contributed by atoms with E-state index in [0.29, 0.717) is 30.0 Å². The molecule has 0 bridgehead atoms. The van der Waals surface area contributed by atoms with E-state index in [-0.39, 0.29) is 15.8 Å². The molecule has 2 heterocycles. The van der Waals surface area contributed by atoms with Gasteiger partial charge in [0.15, 0.2) is 0 Å². The second kappa shape index (κ2) is 6.05. The minimum absolute atomic E-state index is 0.0770. The first-order valence-corrected chi connectivity index (χ1v) is 7.88. The van der Waals surface area contributed by atoms with Gasteiger partial charge in [0.1, 0.15) is 15.6 Å². The van der Waals surface area contributed by atoms with Gasteiger partial charge in [-0.15, -0.1) is 0 Å². The highest BCUT2D eigenvalue weighted by Gasteiger charge is 2.21. The predicted octanol–water partition coefficient (Wildman–Crippen LogP) is 2.24. The fourth-order valence-electron chi connectivity index (χ4n) is 2.29. The molecule has 0 unspecified atom stereocenters. The highest BCUT2D eigenvalue weighted by atomic mass is 35.5. The van der Waals surface area contributed by atoms with Crippen LogP contribution in [0.15, 0.2) is 16.9 Å². The molecule has 0 aliphatic carbocycles. The van der Waals surface area contributed by atoms with Gasteiger partial charge in [-0.2, -0.15) is 0 Å². The van der Waals surface area contributed by atoms with Crippen LogP contribution in [0.4, 0.5) is 11.4 Å². The molecule has 2 aromatic rings. The van der Waals surface area contributed by atoms with Crippen LogP contribution in [0, 0.1) is 0 Å². The van der Waals surface area contributed by atoms with E-state index in [9.17, 15) is 14.4 Å². The Morgan fingerprint density at radius 2 is 2.13 bits per heavy atom. The maximum absolute atomic E-state index is 12.3. The van der Waals surface area contributed by atoms with Gasteiger partial charge in [0, 0.05) is 12.1 Å². The van der Waals surface area contributed by atoms with Crippen LogP contribution in [0.25, 0.3) is 0 Å². The number of amides is 2. The van der Waals surface area contributed by atoms with Crippen LogP contribution in [0.3, 0.4) is 0 Å². The van der Waals surface area contributed by atoms with Crippen molar-refractivity contribution in [3.63, 3.8) is 0 Å². The van der Waals surface area contributed by atoms with E-state index in [1.807, 2.05) is 0 Å². The second-order valence-electron chi connectivity index (χ2n) is 4.89. The summed E-state index contributed by atoms with van der Waals surface area (Å²) in [5.74, 6) is -0.141. The smallest absolute Gasteiger partial charge is 0.277 e. The first-order chi connectivity index (χ1) is 11.0. The van der Waals surface area contributed by atoms with E-state index in [4.69, 9.17) is 16.3 Å². The van der Waals surface area contributed by atoms with Crippen LogP contribution in [-0.4, -0.2) is 23.3 Å². The lowest BCUT2D eigenvalue weighted by Gasteiger charge is -2.20. The molecule has 0 radical (unpaired) electrons. The number of anilines is 2. The Balaban J connectivity index is 1.94. The third-order valence-corrected chi connectivity index (χ3v) is 4.77. The number of aromatic nitrogens is 1. The zero-order chi connectivity index (χ0) is 16.6. The topological polar surface area (TPSA) is 100 Å². The van der Waals surface area contributed by atoms with Crippen molar-refractivity contribution in [2.45, 2.75) is 12.8 Å². The molecule has 0 atom stereocenters. The molecule has 23 heavy (non-hydrogen) atoms. The average molecular weight is 354 g/mol. The van der Waals surface area contributed by atoms with Crippen molar-refractivity contribution in [3.8, 4) is 5.75 Å². The fraction of sp³-hybridized carbons (Fsp3) is 0.214. The van der Waals surface area contributed by atoms with E-state index < -0.39 is 11.5 Å². The number of H-pyrrole nitrogens is 1. The number of hydrogen-bond acceptors (Lipinski definition) is 5. The van der Waals surface area contributed by atoms with Crippen molar-refractivity contribution in [1.29, 1.82) is 0 Å². The molecular formula is C14H12ClN3O4S. The van der Waals surface area contributed by atoms with E-state index in [2.05, 4.69) is 15.0 Å². The van der Waals surface area contributed by atoms with Gasteiger partial charge in [-0.3, -0.25) is 18.8 Å². The van der Waals surface area contributed by atoms with Gasteiger partial charge in [0.25, 0.3) is 11.5 Å². The summed E-state index contributed by atoms with van der Waals surface area (Å²) in [5, 5.41) is 5.25. The Kier molecular flexibility index (Phi) is 4.10. The standard InChI is InChI=1S/C14H12ClN3O4S/c1-22-9-4-6-2-3-10(19)16-7(6)5-8(9)17-14(21)12-11(15)13(20)18-23-12/h4-5H,2-3H2,1H3,(H,16,19)(H,17,21)(H,18,20). The van der Waals surface area contributed by atoms with Crippen molar-refractivity contribution in [1.82, 2.24) is 4.37 Å². The Morgan fingerprint density at radius 3 is 2.78 bits per heavy atom. The molecule has 0 spiro atoms. The van der Waals surface area contributed by atoms with Crippen molar-refractivity contribution in [2.24, 2.45) is 0 Å². The van der Waals surface area contributed by atoms with Gasteiger partial charge in [-0.05, 0) is 24.1 Å². The monoisotopic (exact) mass is 353 g/mol. The third-order valence-electron chi connectivity index (χ3n) is 3.42. The number of aryl methyl sites for hydroxylation is 1. The summed E-state index contributed by atoms with van der Waals surface area (Å²) in [5.41, 5.74) is 1.44. The number of benzene rings is 1. The molecule has 9 heteroatoms. The summed E-state index contributed by atoms with van der Waals surface area (Å²) in [6.07, 6.45) is 1.02. The van der Waals surface area contributed by atoms with E-state index in [1.165, 1.54) is 7.11 Å². The summed E-state index contributed by atoms with van der Waals surface area (Å²) in [6, 6.07) is 3.40. The molecule has 3 N–H and O–H groups in total. The number of fused-ring (bicyclic) bond motifs is 1. The lowest BCUT2D eigenvalue weighted by atomic mass is 10.0. The summed E-state index contributed by atoms with van der Waals surface area (Å²) in [7, 11) is 1.49. The Labute approximate surface area is 139 Å². The van der Waals surface area contributed by atoms with E-state index in [0.717, 1.165) is 17.1 Å². The predicted molar refractivity (Wildman–Crippen MR) is 87.8 cm³/mol. The van der Waals surface area contributed by atoms with Gasteiger partial charge in [0.2, 0.25) is 5.91 Å². The molecule has 120 valence electrons. The zero-order valence-corrected chi connectivity index (χ0v) is 13.6. The number of rotatable bonds is 3. The molecule has 1 aromatic heterocycles. The number of aromatic amines is 1. The number of nitrogens with one attached hydrogen (secondary N) is 3. The first kappa shape index (κ1) is 15.6. The molecule has 1 aliphatic heterocycles. The lowest BCUT2D eigenvalue weighted by molar-refractivity contribution is -0.116. The van der Waals surface area contributed by atoms with Crippen LogP contribution >= 0.6 is 23.1 Å². The van der Waals surface area contributed by atoms with Crippen molar-refractivity contribution >= 4 is 46.3 Å². The highest BCUT2D eigenvalue weighted by molar-refractivity contribution is 7.08. The second-order valence-corrected chi connectivity index (χ2v) is 6.08. The number of carbonyl (C=O) groups is 2. The maximum Gasteiger partial charge on any atom is 0.277 e. The molecule has 7 nitrogen and oxygen atoms in total. The van der Waals surface area contributed by atoms with Crippen LogP contribution in [0.5, 0.6) is 5.75 Å². The minimum atomic E-state index is -0.529. The van der Waals surface area contributed by atoms with Gasteiger partial charge < -0.3 is 15.4 Å². The van der Waals surface area contributed by atoms with Crippen molar-refractivity contribution in [3.05, 3.63) is 37.9 Å². The number of ether oxygens (including phenoxy) is 1. The average Bonchev–Trinajstić information content (AvgIpc) is 2.86. The quantitative estimate of drug-likeness (QED) is 0.787. The zero-order valence-electron chi connectivity index (χ0n) is 12.0. The van der Waals surface area contributed by atoms with Crippen LogP contribution in [0.1, 0.15) is 21.7 Å². The van der Waals surface area contributed by atoms with E-state index >= 15 is 0 Å². The molecule has 2 amide bonds. The molecule has 0 saturated carbocycles. The summed E-state index contributed by atoms with van der Waals surface area (Å²) in [4.78, 5) is 35.2. The van der Waals surface area contributed by atoms with Gasteiger partial charge in [-0.1, -0.05) is 23.1 Å². The summed E-state index contributed by atoms with van der Waals surface area (Å²) < 4.78 is 7.68. The van der Waals surface area contributed by atoms with Crippen molar-refractivity contribution < 1.29 is 14.3 Å². The van der Waals surface area contributed by atoms with Crippen LogP contribution in [0.2, 0.25) is 5.02 Å². The van der Waals surface area contributed by atoms with E-state index in [1.54, 1.807) is 12.1 Å². The lowest BCUT2D eigenvalue weighted by Crippen LogP contribution is -2.20. The molecule has 0 saturated heterocycles. The highest BCUT2D eigenvalue weighted by Crippen LogP contribution is 2.34. The normalized spacial score (nSPS) is 13.2. The third kappa shape index (κ3) is 2.95. The van der Waals surface area contributed by atoms with Gasteiger partial charge >= 0.3 is 0 Å². The minimum Gasteiger partial charge on any atom is -0.495 e. The fourth-order valence-corrected chi connectivity index (χ4v) is 3.22. The number of carbonyl (C=O) groups excluding carboxylic acids is 2. The number of halogens is 1. The Hall–Kier alpha value is -2.32. The maximum atomic E-state index is 12.3. The summed E-state index contributed by atoms with van der Waals surface area (Å²) in [6.45, 7) is 0. The molecule has 1 aromatic carbocycles. The molecule has 3 rings (SSSR count). The number of hydrogen-bond donors (Lipinski definition) is 3. The Bertz CT molecular complexity index is 858. The van der Waals surface area contributed by atoms with Gasteiger partial charge in [0.05, 0.1) is 12.8 Å². The Morgan fingerprint density at radius 1 is 1.35 bits per heavy atom. The van der Waals surface area contributed by atoms with Crippen molar-refractivity contribution in [2.75, 3.05) is 17.7 Å². The largest absolute Gasteiger partial charge is 0.495 e. The van der Waals surface area contributed by atoms with Crippen LogP contribution < -0.4 is 20.9 Å². The SMILES string of the molecule is COc1cc2c(cc1NC(=O)c1s[nH]c(=O)c1Cl)NC(=O)CC2. The number of methoxy groups -OCH3 is 1. The van der Waals surface area contributed by atoms with Crippen LogP contribution in [-0.2, 0) is 11.2 Å². The first-order valence-electron chi connectivity index (χ1n) is 6.68. The molecular weight excluding hydrogens is 342 g/mol. The molecule has 0 fully saturated rings. The van der Waals surface area contributed by atoms with Gasteiger partial charge in [-0.25, -0.2) is 0 Å². The molecule has 1 aliphatic rings. The summed E-state index contributed by atoms with van der Waals surface area (Å²) >= 11 is 6.65.